The first-order valence-electron chi connectivity index (χ1n) is 7.13. The number of nitrogens with zero attached hydrogens (tertiary/aromatic N) is 2. The van der Waals surface area contributed by atoms with Gasteiger partial charge in [0.2, 0.25) is 11.8 Å². The van der Waals surface area contributed by atoms with E-state index >= 15 is 0 Å². The van der Waals surface area contributed by atoms with E-state index in [1.54, 1.807) is 41.0 Å². The van der Waals surface area contributed by atoms with Gasteiger partial charge in [-0.05, 0) is 25.1 Å². The Morgan fingerprint density at radius 1 is 1.32 bits per heavy atom. The molecule has 22 heavy (non-hydrogen) atoms. The molecule has 2 fully saturated rings. The maximum atomic E-state index is 12.5. The Morgan fingerprint density at radius 2 is 2.09 bits per heavy atom. The molecule has 2 saturated heterocycles. The van der Waals surface area contributed by atoms with Crippen LogP contribution in [0.3, 0.4) is 0 Å². The van der Waals surface area contributed by atoms with Crippen molar-refractivity contribution in [3.05, 3.63) is 34.9 Å². The number of piperazine rings is 2. The van der Waals surface area contributed by atoms with Gasteiger partial charge in [-0.15, -0.1) is 0 Å². The summed E-state index contributed by atoms with van der Waals surface area (Å²) in [5.41, 5.74) is 0.483. The molecular formula is C15H16ClN3O3. The van der Waals surface area contributed by atoms with Crippen molar-refractivity contribution in [1.29, 1.82) is 0 Å². The minimum Gasteiger partial charge on any atom is -0.343 e. The van der Waals surface area contributed by atoms with Crippen molar-refractivity contribution in [3.8, 4) is 0 Å². The molecule has 0 spiro atoms. The Labute approximate surface area is 133 Å². The SMILES string of the molecule is C[C@@H]1NC(=O)[C@H]2CN(C(=O)c3cccc(Cl)c3)CCN2C1=O. The molecule has 0 aromatic heterocycles. The molecule has 2 heterocycles. The minimum atomic E-state index is -0.611. The molecule has 3 rings (SSSR count). The molecule has 0 radical (unpaired) electrons. The number of hydrogen-bond acceptors (Lipinski definition) is 3. The Hall–Kier alpha value is -2.08. The van der Waals surface area contributed by atoms with Crippen LogP contribution in [0, 0.1) is 0 Å². The molecule has 2 atom stereocenters. The molecule has 0 saturated carbocycles. The van der Waals surface area contributed by atoms with Crippen molar-refractivity contribution in [2.45, 2.75) is 19.0 Å². The van der Waals surface area contributed by atoms with Crippen molar-refractivity contribution in [2.24, 2.45) is 0 Å². The summed E-state index contributed by atoms with van der Waals surface area (Å²) in [6.07, 6.45) is 0. The molecule has 6 nitrogen and oxygen atoms in total. The Balaban J connectivity index is 1.78. The topological polar surface area (TPSA) is 69.7 Å². The molecule has 116 valence electrons. The summed E-state index contributed by atoms with van der Waals surface area (Å²) in [7, 11) is 0. The fourth-order valence-electron chi connectivity index (χ4n) is 2.88. The van der Waals surface area contributed by atoms with E-state index in [0.29, 0.717) is 23.7 Å². The molecule has 2 aliphatic heterocycles. The quantitative estimate of drug-likeness (QED) is 0.819. The fourth-order valence-corrected chi connectivity index (χ4v) is 3.07. The van der Waals surface area contributed by atoms with Crippen LogP contribution >= 0.6 is 11.6 Å². The number of fused-ring (bicyclic) bond motifs is 1. The molecule has 0 aliphatic carbocycles. The molecule has 3 amide bonds. The number of hydrogen-bond donors (Lipinski definition) is 1. The summed E-state index contributed by atoms with van der Waals surface area (Å²) < 4.78 is 0. The van der Waals surface area contributed by atoms with Crippen LogP contribution in [0.4, 0.5) is 0 Å². The smallest absolute Gasteiger partial charge is 0.254 e. The number of nitrogens with one attached hydrogen (secondary N) is 1. The van der Waals surface area contributed by atoms with E-state index in [4.69, 9.17) is 11.6 Å². The van der Waals surface area contributed by atoms with Gasteiger partial charge in [0.1, 0.15) is 12.1 Å². The monoisotopic (exact) mass is 321 g/mol. The van der Waals surface area contributed by atoms with E-state index < -0.39 is 12.1 Å². The summed E-state index contributed by atoms with van der Waals surface area (Å²) in [5, 5.41) is 3.14. The van der Waals surface area contributed by atoms with E-state index in [1.807, 2.05) is 0 Å². The number of benzene rings is 1. The van der Waals surface area contributed by atoms with Crippen LogP contribution in [0.2, 0.25) is 5.02 Å². The molecule has 1 N–H and O–H groups in total. The maximum Gasteiger partial charge on any atom is 0.254 e. The van der Waals surface area contributed by atoms with Gasteiger partial charge in [0.05, 0.1) is 6.54 Å². The van der Waals surface area contributed by atoms with Crippen molar-refractivity contribution in [3.63, 3.8) is 0 Å². The molecule has 1 aromatic rings. The first kappa shape index (κ1) is 14.8. The largest absolute Gasteiger partial charge is 0.343 e. The lowest BCUT2D eigenvalue weighted by Gasteiger charge is -2.44. The highest BCUT2D eigenvalue weighted by Crippen LogP contribution is 2.19. The highest BCUT2D eigenvalue weighted by atomic mass is 35.5. The second-order valence-electron chi connectivity index (χ2n) is 5.54. The lowest BCUT2D eigenvalue weighted by molar-refractivity contribution is -0.151. The lowest BCUT2D eigenvalue weighted by Crippen LogP contribution is -2.69. The average molecular weight is 322 g/mol. The highest BCUT2D eigenvalue weighted by Gasteiger charge is 2.42. The normalized spacial score (nSPS) is 24.8. The molecule has 2 aliphatic rings. The number of rotatable bonds is 1. The van der Waals surface area contributed by atoms with Crippen molar-refractivity contribution >= 4 is 29.3 Å². The van der Waals surface area contributed by atoms with Gasteiger partial charge in [0.25, 0.3) is 5.91 Å². The van der Waals surface area contributed by atoms with E-state index in [-0.39, 0.29) is 24.3 Å². The summed E-state index contributed by atoms with van der Waals surface area (Å²) in [4.78, 5) is 39.8. The predicted octanol–water partition coefficient (Wildman–Crippen LogP) is 0.511. The Bertz CT molecular complexity index is 649. The maximum absolute atomic E-state index is 12.5. The van der Waals surface area contributed by atoms with Crippen LogP contribution in [0.25, 0.3) is 0 Å². The van der Waals surface area contributed by atoms with Crippen LogP contribution in [0.1, 0.15) is 17.3 Å². The first-order valence-corrected chi connectivity index (χ1v) is 7.51. The van der Waals surface area contributed by atoms with Gasteiger partial charge in [0, 0.05) is 23.7 Å². The summed E-state index contributed by atoms with van der Waals surface area (Å²) in [6, 6.07) is 5.59. The molecule has 1 aromatic carbocycles. The van der Waals surface area contributed by atoms with Crippen LogP contribution < -0.4 is 5.32 Å². The molecular weight excluding hydrogens is 306 g/mol. The molecule has 0 unspecified atom stereocenters. The predicted molar refractivity (Wildman–Crippen MR) is 80.5 cm³/mol. The zero-order valence-electron chi connectivity index (χ0n) is 12.1. The van der Waals surface area contributed by atoms with Gasteiger partial charge < -0.3 is 15.1 Å². The van der Waals surface area contributed by atoms with Gasteiger partial charge in [-0.2, -0.15) is 0 Å². The summed E-state index contributed by atoms with van der Waals surface area (Å²) >= 11 is 5.91. The third kappa shape index (κ3) is 2.54. The van der Waals surface area contributed by atoms with Gasteiger partial charge in [-0.25, -0.2) is 0 Å². The molecule has 0 bridgehead atoms. The van der Waals surface area contributed by atoms with Gasteiger partial charge in [-0.3, -0.25) is 14.4 Å². The number of carbonyl (C=O) groups is 3. The van der Waals surface area contributed by atoms with E-state index in [9.17, 15) is 14.4 Å². The van der Waals surface area contributed by atoms with Crippen LogP contribution in [0.5, 0.6) is 0 Å². The highest BCUT2D eigenvalue weighted by molar-refractivity contribution is 6.30. The second-order valence-corrected chi connectivity index (χ2v) is 5.98. The first-order chi connectivity index (χ1) is 10.5. The van der Waals surface area contributed by atoms with Crippen LogP contribution in [-0.2, 0) is 9.59 Å². The average Bonchev–Trinajstić information content (AvgIpc) is 2.51. The zero-order chi connectivity index (χ0) is 15.9. The number of halogens is 1. The van der Waals surface area contributed by atoms with Gasteiger partial charge in [-0.1, -0.05) is 17.7 Å². The number of amides is 3. The summed E-state index contributed by atoms with van der Waals surface area (Å²) in [6.45, 7) is 2.65. The fraction of sp³-hybridized carbons (Fsp3) is 0.400. The molecule has 7 heteroatoms. The number of carbonyl (C=O) groups excluding carboxylic acids is 3. The van der Waals surface area contributed by atoms with Gasteiger partial charge in [0.15, 0.2) is 0 Å². The second kappa shape index (κ2) is 5.61. The Morgan fingerprint density at radius 3 is 2.82 bits per heavy atom. The Kier molecular flexibility index (Phi) is 3.78. The third-order valence-electron chi connectivity index (χ3n) is 4.05. The standard InChI is InChI=1S/C15H16ClN3O3/c1-9-14(21)19-6-5-18(8-12(19)13(20)17-9)15(22)10-3-2-4-11(16)7-10/h2-4,7,9,12H,5-6,8H2,1H3,(H,17,20)/t9-,12+/m0/s1. The van der Waals surface area contributed by atoms with E-state index in [2.05, 4.69) is 5.32 Å². The van der Waals surface area contributed by atoms with E-state index in [1.165, 1.54) is 0 Å². The zero-order valence-corrected chi connectivity index (χ0v) is 12.8. The third-order valence-corrected chi connectivity index (χ3v) is 4.29. The van der Waals surface area contributed by atoms with Crippen molar-refractivity contribution in [2.75, 3.05) is 19.6 Å². The van der Waals surface area contributed by atoms with Gasteiger partial charge >= 0.3 is 0 Å². The van der Waals surface area contributed by atoms with Crippen molar-refractivity contribution < 1.29 is 14.4 Å². The minimum absolute atomic E-state index is 0.0977. The van der Waals surface area contributed by atoms with Crippen LogP contribution in [0.15, 0.2) is 24.3 Å². The van der Waals surface area contributed by atoms with E-state index in [0.717, 1.165) is 0 Å². The lowest BCUT2D eigenvalue weighted by atomic mass is 10.0. The van der Waals surface area contributed by atoms with Crippen molar-refractivity contribution in [1.82, 2.24) is 15.1 Å². The summed E-state index contributed by atoms with van der Waals surface area (Å²) in [5.74, 6) is -0.490. The van der Waals surface area contributed by atoms with Crippen LogP contribution in [-0.4, -0.2) is 59.2 Å².